The van der Waals surface area contributed by atoms with Crippen molar-refractivity contribution in [3.8, 4) is 0 Å². The average molecular weight is 169 g/mol. The van der Waals surface area contributed by atoms with Crippen LogP contribution in [-0.2, 0) is 24.6 Å². The fourth-order valence-corrected chi connectivity index (χ4v) is 1.63. The molecule has 3 heteroatoms. The quantitative estimate of drug-likeness (QED) is 0.575. The van der Waals surface area contributed by atoms with Crippen molar-refractivity contribution < 1.29 is 8.85 Å². The van der Waals surface area contributed by atoms with E-state index in [1.807, 2.05) is 6.92 Å². The second-order valence-corrected chi connectivity index (χ2v) is 3.03. The molecule has 0 saturated carbocycles. The molecule has 0 bridgehead atoms. The van der Waals surface area contributed by atoms with Crippen molar-refractivity contribution in [3.63, 3.8) is 0 Å². The van der Waals surface area contributed by atoms with Crippen LogP contribution in [0.2, 0.25) is 0 Å². The number of fused-ring (bicyclic) bond motifs is 1. The molecule has 0 aliphatic carbocycles. The van der Waals surface area contributed by atoms with Gasteiger partial charge in [-0.2, -0.15) is 5.10 Å². The van der Waals surface area contributed by atoms with E-state index < -0.39 is 6.98 Å². The number of rotatable bonds is 0. The van der Waals surface area contributed by atoms with E-state index in [1.165, 1.54) is 4.68 Å². The van der Waals surface area contributed by atoms with Crippen molar-refractivity contribution in [3.05, 3.63) is 17.0 Å². The smallest absolute Gasteiger partial charge is 0.0629 e. The predicted molar refractivity (Wildman–Crippen MR) is 46.2 cm³/mol. The lowest BCUT2D eigenvalue weighted by atomic mass is 10.1. The molecule has 0 radical (unpaired) electrons. The minimum atomic E-state index is -2.18. The molecule has 66 valence electrons. The van der Waals surface area contributed by atoms with Crippen LogP contribution < -0.4 is 0 Å². The van der Waals surface area contributed by atoms with Gasteiger partial charge in [-0.05, 0) is 18.9 Å². The summed E-state index contributed by atoms with van der Waals surface area (Å²) in [5.74, 6) is 0. The molecule has 12 heavy (non-hydrogen) atoms. The molecule has 0 amide bonds. The average Bonchev–Trinajstić information content (AvgIpc) is 2.37. The van der Waals surface area contributed by atoms with Crippen molar-refractivity contribution in [1.29, 1.82) is 0 Å². The van der Waals surface area contributed by atoms with E-state index in [1.54, 1.807) is 0 Å². The maximum Gasteiger partial charge on any atom is 0.0629 e. The summed E-state index contributed by atoms with van der Waals surface area (Å²) in [6.45, 7) is 0.907. The van der Waals surface area contributed by atoms with Gasteiger partial charge in [-0.15, -0.1) is 0 Å². The van der Waals surface area contributed by atoms with Gasteiger partial charge >= 0.3 is 0 Å². The highest BCUT2D eigenvalue weighted by Gasteiger charge is 2.15. The van der Waals surface area contributed by atoms with Crippen LogP contribution in [0.3, 0.4) is 0 Å². The van der Waals surface area contributed by atoms with Gasteiger partial charge in [-0.1, -0.05) is 0 Å². The predicted octanol–water partition coefficient (Wildman–Crippen LogP) is 0.844. The number of aryl methyl sites for hydroxylation is 2. The Hall–Kier alpha value is -0.830. The van der Waals surface area contributed by atoms with Gasteiger partial charge in [-0.3, -0.25) is 4.68 Å². The summed E-state index contributed by atoms with van der Waals surface area (Å²) < 4.78 is 28.7. The van der Waals surface area contributed by atoms with Crippen molar-refractivity contribution in [2.45, 2.75) is 19.8 Å². The molecule has 1 aliphatic heterocycles. The third-order valence-electron chi connectivity index (χ3n) is 2.27. The second-order valence-electron chi connectivity index (χ2n) is 3.03. The Morgan fingerprint density at radius 2 is 2.33 bits per heavy atom. The highest BCUT2D eigenvalue weighted by atomic mass is 16.5. The number of nitrogens with zero attached hydrogens (tertiary/aromatic N) is 2. The van der Waals surface area contributed by atoms with Crippen LogP contribution in [0.5, 0.6) is 0 Å². The van der Waals surface area contributed by atoms with Crippen molar-refractivity contribution >= 4 is 0 Å². The molecule has 1 aromatic heterocycles. The van der Waals surface area contributed by atoms with E-state index in [4.69, 9.17) is 8.85 Å². The summed E-state index contributed by atoms with van der Waals surface area (Å²) in [6.07, 6.45) is 1.39. The first-order valence-corrected chi connectivity index (χ1v) is 4.16. The molecule has 2 rings (SSSR count). The van der Waals surface area contributed by atoms with Crippen LogP contribution >= 0.6 is 0 Å². The number of aromatic nitrogens is 2. The molecule has 0 N–H and O–H groups in total. The standard InChI is InChI=1S/C9H14N2O/c1-7-8-3-5-12-6-4-9(8)11(2)10-7/h3-6H2,1-2H3/i2D3. The lowest BCUT2D eigenvalue weighted by molar-refractivity contribution is 0.145. The van der Waals surface area contributed by atoms with E-state index in [9.17, 15) is 0 Å². The Bertz CT molecular complexity index is 370. The van der Waals surface area contributed by atoms with Crippen molar-refractivity contribution in [2.24, 2.45) is 6.98 Å². The summed E-state index contributed by atoms with van der Waals surface area (Å²) in [7, 11) is 0. The summed E-state index contributed by atoms with van der Waals surface area (Å²) in [6, 6.07) is 0. The highest BCUT2D eigenvalue weighted by molar-refractivity contribution is 5.26. The molecular weight excluding hydrogens is 152 g/mol. The first-order chi connectivity index (χ1) is 7.00. The van der Waals surface area contributed by atoms with Crippen LogP contribution in [-0.4, -0.2) is 23.0 Å². The Morgan fingerprint density at radius 3 is 3.17 bits per heavy atom. The number of ether oxygens (including phenoxy) is 1. The Morgan fingerprint density at radius 1 is 1.50 bits per heavy atom. The molecule has 0 unspecified atom stereocenters. The van der Waals surface area contributed by atoms with Gasteiger partial charge in [0.25, 0.3) is 0 Å². The maximum atomic E-state index is 7.39. The van der Waals surface area contributed by atoms with E-state index >= 15 is 0 Å². The molecule has 0 aromatic carbocycles. The third-order valence-corrected chi connectivity index (χ3v) is 2.27. The molecule has 1 aromatic rings. The van der Waals surface area contributed by atoms with E-state index in [0.29, 0.717) is 19.6 Å². The molecule has 0 fully saturated rings. The third kappa shape index (κ3) is 1.14. The zero-order chi connectivity index (χ0) is 11.1. The largest absolute Gasteiger partial charge is 0.381 e. The fraction of sp³-hybridized carbons (Fsp3) is 0.667. The zero-order valence-corrected chi connectivity index (χ0v) is 7.13. The first kappa shape index (κ1) is 5.02. The minimum absolute atomic E-state index is 0.578. The minimum Gasteiger partial charge on any atom is -0.381 e. The van der Waals surface area contributed by atoms with Gasteiger partial charge in [0.1, 0.15) is 0 Å². The molecule has 0 atom stereocenters. The Balaban J connectivity index is 2.49. The zero-order valence-electron chi connectivity index (χ0n) is 10.1. The molecule has 2 heterocycles. The van der Waals surface area contributed by atoms with Crippen molar-refractivity contribution in [1.82, 2.24) is 9.78 Å². The molecular formula is C9H14N2O. The normalized spacial score (nSPS) is 21.9. The lowest BCUT2D eigenvalue weighted by Crippen LogP contribution is -2.01. The highest BCUT2D eigenvalue weighted by Crippen LogP contribution is 2.16. The Kier molecular flexibility index (Phi) is 1.21. The lowest BCUT2D eigenvalue weighted by Gasteiger charge is -1.98. The van der Waals surface area contributed by atoms with E-state index in [2.05, 4.69) is 5.10 Å². The topological polar surface area (TPSA) is 27.1 Å². The van der Waals surface area contributed by atoms with Gasteiger partial charge < -0.3 is 4.74 Å². The fourth-order valence-electron chi connectivity index (χ4n) is 1.63. The molecule has 0 spiro atoms. The molecule has 1 aliphatic rings. The molecule has 3 nitrogen and oxygen atoms in total. The van der Waals surface area contributed by atoms with E-state index in [-0.39, 0.29) is 0 Å². The first-order valence-electron chi connectivity index (χ1n) is 5.66. The summed E-state index contributed by atoms with van der Waals surface area (Å²) in [5, 5.41) is 4.10. The Labute approximate surface area is 76.6 Å². The SMILES string of the molecule is [2H]C([2H])([2H])n1nc(C)c2c1CCOCC2. The van der Waals surface area contributed by atoms with Crippen LogP contribution in [0, 0.1) is 6.92 Å². The monoisotopic (exact) mass is 169 g/mol. The van der Waals surface area contributed by atoms with Gasteiger partial charge in [0.05, 0.1) is 18.9 Å². The van der Waals surface area contributed by atoms with Gasteiger partial charge in [0.2, 0.25) is 0 Å². The van der Waals surface area contributed by atoms with Gasteiger partial charge in [-0.25, -0.2) is 0 Å². The van der Waals surface area contributed by atoms with Crippen LogP contribution in [0.1, 0.15) is 21.1 Å². The number of hydrogen-bond donors (Lipinski definition) is 0. The second kappa shape index (κ2) is 2.90. The summed E-state index contributed by atoms with van der Waals surface area (Å²) in [5.41, 5.74) is 2.67. The van der Waals surface area contributed by atoms with Crippen LogP contribution in [0.15, 0.2) is 0 Å². The van der Waals surface area contributed by atoms with Gasteiger partial charge in [0.15, 0.2) is 0 Å². The maximum absolute atomic E-state index is 7.39. The van der Waals surface area contributed by atoms with Crippen LogP contribution in [0.25, 0.3) is 0 Å². The molecule has 0 saturated heterocycles. The number of hydrogen-bond acceptors (Lipinski definition) is 2. The van der Waals surface area contributed by atoms with Gasteiger partial charge in [0, 0.05) is 23.2 Å². The van der Waals surface area contributed by atoms with E-state index in [0.717, 1.165) is 23.4 Å². The van der Waals surface area contributed by atoms with Crippen LogP contribution in [0.4, 0.5) is 0 Å². The van der Waals surface area contributed by atoms with Crippen molar-refractivity contribution in [2.75, 3.05) is 13.2 Å². The summed E-state index contributed by atoms with van der Waals surface area (Å²) >= 11 is 0. The summed E-state index contributed by atoms with van der Waals surface area (Å²) in [4.78, 5) is 0.